The number of hydrogen-bond donors (Lipinski definition) is 1. The zero-order chi connectivity index (χ0) is 15.0. The van der Waals surface area contributed by atoms with Gasteiger partial charge in [-0.1, -0.05) is 30.4 Å². The minimum absolute atomic E-state index is 0.0799. The highest BCUT2D eigenvalue weighted by Crippen LogP contribution is 2.33. The van der Waals surface area contributed by atoms with Crippen molar-refractivity contribution in [1.29, 1.82) is 0 Å². The first-order valence-corrected chi connectivity index (χ1v) is 9.10. The van der Waals surface area contributed by atoms with E-state index in [-0.39, 0.29) is 14.6 Å². The summed E-state index contributed by atoms with van der Waals surface area (Å²) in [5.41, 5.74) is 6.05. The Hall–Kier alpha value is -0.630. The Kier molecular flexibility index (Phi) is 4.44. The van der Waals surface area contributed by atoms with Gasteiger partial charge in [0.1, 0.15) is 4.99 Å². The van der Waals surface area contributed by atoms with E-state index in [1.165, 1.54) is 4.31 Å². The van der Waals surface area contributed by atoms with E-state index >= 15 is 0 Å². The van der Waals surface area contributed by atoms with Gasteiger partial charge in [0.2, 0.25) is 10.0 Å². The molecule has 0 spiro atoms. The van der Waals surface area contributed by atoms with Crippen molar-refractivity contribution >= 4 is 39.0 Å². The van der Waals surface area contributed by atoms with E-state index in [0.717, 1.165) is 5.75 Å². The smallest absolute Gasteiger partial charge is 0.243 e. The van der Waals surface area contributed by atoms with Crippen molar-refractivity contribution in [3.63, 3.8) is 0 Å². The van der Waals surface area contributed by atoms with Gasteiger partial charge in [-0.05, 0) is 19.9 Å². The third-order valence-electron chi connectivity index (χ3n) is 3.16. The predicted molar refractivity (Wildman–Crippen MR) is 87.6 cm³/mol. The van der Waals surface area contributed by atoms with Crippen LogP contribution >= 0.6 is 24.0 Å². The Morgan fingerprint density at radius 3 is 2.65 bits per heavy atom. The third-order valence-corrected chi connectivity index (χ3v) is 6.58. The van der Waals surface area contributed by atoms with Gasteiger partial charge in [0.15, 0.2) is 0 Å². The van der Waals surface area contributed by atoms with Crippen molar-refractivity contribution in [1.82, 2.24) is 4.31 Å². The van der Waals surface area contributed by atoms with E-state index in [2.05, 4.69) is 13.8 Å². The molecule has 0 amide bonds. The summed E-state index contributed by atoms with van der Waals surface area (Å²) < 4.78 is 27.1. The summed E-state index contributed by atoms with van der Waals surface area (Å²) in [6, 6.07) is 6.65. The van der Waals surface area contributed by atoms with Gasteiger partial charge in [0.05, 0.1) is 4.90 Å². The Morgan fingerprint density at radius 2 is 2.05 bits per heavy atom. The highest BCUT2D eigenvalue weighted by molar-refractivity contribution is 8.00. The van der Waals surface area contributed by atoms with Gasteiger partial charge in [-0.25, -0.2) is 8.42 Å². The summed E-state index contributed by atoms with van der Waals surface area (Å²) >= 11 is 6.74. The monoisotopic (exact) mass is 330 g/mol. The highest BCUT2D eigenvalue weighted by Gasteiger charge is 2.35. The van der Waals surface area contributed by atoms with Crippen molar-refractivity contribution in [2.24, 2.45) is 5.73 Å². The molecular weight excluding hydrogens is 312 g/mol. The molecule has 1 aromatic rings. The average molecular weight is 331 g/mol. The summed E-state index contributed by atoms with van der Waals surface area (Å²) in [4.78, 5) is 0.310. The minimum atomic E-state index is -3.56. The number of hydrogen-bond acceptors (Lipinski definition) is 4. The molecule has 1 aliphatic heterocycles. The molecule has 1 aliphatic rings. The predicted octanol–water partition coefficient (Wildman–Crippen LogP) is 1.84. The van der Waals surface area contributed by atoms with Crippen LogP contribution in [0.5, 0.6) is 0 Å². The second-order valence-corrected chi connectivity index (χ2v) is 9.46. The van der Waals surface area contributed by atoms with Crippen molar-refractivity contribution in [3.8, 4) is 0 Å². The van der Waals surface area contributed by atoms with Gasteiger partial charge in [-0.3, -0.25) is 0 Å². The zero-order valence-electron chi connectivity index (χ0n) is 11.5. The Labute approximate surface area is 129 Å². The maximum Gasteiger partial charge on any atom is 0.243 e. The van der Waals surface area contributed by atoms with Gasteiger partial charge in [0.25, 0.3) is 0 Å². The van der Waals surface area contributed by atoms with Gasteiger partial charge in [-0.15, -0.1) is 0 Å². The van der Waals surface area contributed by atoms with E-state index in [9.17, 15) is 8.42 Å². The molecular formula is C13H18N2O2S3. The fourth-order valence-corrected chi connectivity index (χ4v) is 5.57. The van der Waals surface area contributed by atoms with Crippen LogP contribution in [0.4, 0.5) is 0 Å². The topological polar surface area (TPSA) is 63.4 Å². The van der Waals surface area contributed by atoms with Gasteiger partial charge >= 0.3 is 0 Å². The molecule has 2 N–H and O–H groups in total. The lowest BCUT2D eigenvalue weighted by molar-refractivity contribution is 0.387. The van der Waals surface area contributed by atoms with Gasteiger partial charge < -0.3 is 5.73 Å². The molecule has 0 unspecified atom stereocenters. The van der Waals surface area contributed by atoms with Crippen LogP contribution in [0, 0.1) is 0 Å². The lowest BCUT2D eigenvalue weighted by atomic mass is 10.2. The highest BCUT2D eigenvalue weighted by atomic mass is 32.2. The molecule has 0 bridgehead atoms. The van der Waals surface area contributed by atoms with Crippen molar-refractivity contribution in [2.75, 3.05) is 18.8 Å². The molecule has 1 heterocycles. The first kappa shape index (κ1) is 15.8. The molecule has 0 atom stereocenters. The molecule has 7 heteroatoms. The van der Waals surface area contributed by atoms with Crippen LogP contribution in [0.2, 0.25) is 0 Å². The number of benzene rings is 1. The number of nitrogens with zero attached hydrogens (tertiary/aromatic N) is 1. The van der Waals surface area contributed by atoms with E-state index in [0.29, 0.717) is 18.7 Å². The number of nitrogens with two attached hydrogens (primary N) is 1. The maximum absolute atomic E-state index is 12.8. The Bertz CT molecular complexity index is 626. The molecule has 1 fully saturated rings. The average Bonchev–Trinajstić information content (AvgIpc) is 2.37. The van der Waals surface area contributed by atoms with Crippen molar-refractivity contribution in [2.45, 2.75) is 23.5 Å². The quantitative estimate of drug-likeness (QED) is 0.857. The van der Waals surface area contributed by atoms with Crippen LogP contribution in [0.1, 0.15) is 19.4 Å². The molecule has 0 radical (unpaired) electrons. The molecule has 1 saturated heterocycles. The maximum atomic E-state index is 12.8. The first-order chi connectivity index (χ1) is 9.24. The van der Waals surface area contributed by atoms with Crippen LogP contribution in [-0.4, -0.2) is 41.3 Å². The fourth-order valence-electron chi connectivity index (χ4n) is 2.21. The fraction of sp³-hybridized carbons (Fsp3) is 0.462. The molecule has 20 heavy (non-hydrogen) atoms. The summed E-state index contributed by atoms with van der Waals surface area (Å²) in [6.45, 7) is 5.12. The van der Waals surface area contributed by atoms with Crippen LogP contribution in [-0.2, 0) is 10.0 Å². The van der Waals surface area contributed by atoms with Crippen LogP contribution in [0.25, 0.3) is 0 Å². The van der Waals surface area contributed by atoms with Gasteiger partial charge in [-0.2, -0.15) is 16.1 Å². The SMILES string of the molecule is CC1(C)CN(S(=O)(=O)c2ccccc2C(N)=S)CCS1. The summed E-state index contributed by atoms with van der Waals surface area (Å²) in [7, 11) is -3.56. The van der Waals surface area contributed by atoms with Crippen LogP contribution in [0.3, 0.4) is 0 Å². The molecule has 110 valence electrons. The summed E-state index contributed by atoms with van der Waals surface area (Å²) in [6.07, 6.45) is 0. The number of thiocarbonyl (C=S) groups is 1. The normalized spacial score (nSPS) is 19.7. The lowest BCUT2D eigenvalue weighted by Crippen LogP contribution is -2.46. The molecule has 2 rings (SSSR count). The van der Waals surface area contributed by atoms with Crippen LogP contribution < -0.4 is 5.73 Å². The minimum Gasteiger partial charge on any atom is -0.389 e. The van der Waals surface area contributed by atoms with Gasteiger partial charge in [0, 0.05) is 29.2 Å². The van der Waals surface area contributed by atoms with Crippen molar-refractivity contribution in [3.05, 3.63) is 29.8 Å². The first-order valence-electron chi connectivity index (χ1n) is 6.27. The third kappa shape index (κ3) is 3.16. The second-order valence-electron chi connectivity index (χ2n) is 5.31. The Morgan fingerprint density at radius 1 is 1.40 bits per heavy atom. The van der Waals surface area contributed by atoms with E-state index in [1.807, 2.05) is 0 Å². The molecule has 4 nitrogen and oxygen atoms in total. The molecule has 0 aliphatic carbocycles. The molecule has 0 aromatic heterocycles. The molecule has 0 saturated carbocycles. The van der Waals surface area contributed by atoms with Crippen molar-refractivity contribution < 1.29 is 8.42 Å². The molecule has 1 aromatic carbocycles. The number of thioether (sulfide) groups is 1. The zero-order valence-corrected chi connectivity index (χ0v) is 13.9. The summed E-state index contributed by atoms with van der Waals surface area (Å²) in [5, 5.41) is 0. The standard InChI is InChI=1S/C13H18N2O2S3/c1-13(2)9-15(7-8-19-13)20(16,17)11-6-4-3-5-10(11)12(14)18/h3-6H,7-9H2,1-2H3,(H2,14,18). The van der Waals surface area contributed by atoms with E-state index in [1.54, 1.807) is 36.0 Å². The van der Waals surface area contributed by atoms with Crippen LogP contribution in [0.15, 0.2) is 29.2 Å². The Balaban J connectivity index is 2.43. The van der Waals surface area contributed by atoms with E-state index < -0.39 is 10.0 Å². The number of sulfonamides is 1. The van der Waals surface area contributed by atoms with E-state index in [4.69, 9.17) is 18.0 Å². The lowest BCUT2D eigenvalue weighted by Gasteiger charge is -2.36. The second kappa shape index (κ2) is 5.63. The summed E-state index contributed by atoms with van der Waals surface area (Å²) in [5.74, 6) is 0.793. The largest absolute Gasteiger partial charge is 0.389 e. The number of rotatable bonds is 3.